The molecule has 156 valence electrons. The summed E-state index contributed by atoms with van der Waals surface area (Å²) in [5, 5.41) is 0. The highest BCUT2D eigenvalue weighted by atomic mass is 16.5. The molecular formula is C25H21NO5. The topological polar surface area (TPSA) is 57.2 Å². The van der Waals surface area contributed by atoms with Gasteiger partial charge in [0.25, 0.3) is 0 Å². The first-order chi connectivity index (χ1) is 15.2. The second-order valence-electron chi connectivity index (χ2n) is 7.30. The standard InChI is InChI=1S/C25H21NO5/c1-28-18-7-3-16(4-8-18)13-23-24(27)20-11-12-22-21(25(20)31-23)14-26(15-30-22)17-5-9-19(29-2)10-6-17/h3-13H,14-15H2,1-2H3/b23-13-. The number of hydrogen-bond acceptors (Lipinski definition) is 6. The molecule has 0 radical (unpaired) electrons. The zero-order valence-corrected chi connectivity index (χ0v) is 17.3. The van der Waals surface area contributed by atoms with Gasteiger partial charge in [-0.3, -0.25) is 4.79 Å². The highest BCUT2D eigenvalue weighted by molar-refractivity contribution is 6.15. The second kappa shape index (κ2) is 7.72. The Morgan fingerprint density at radius 1 is 0.903 bits per heavy atom. The van der Waals surface area contributed by atoms with Crippen LogP contribution in [0.3, 0.4) is 0 Å². The number of methoxy groups -OCH3 is 2. The third kappa shape index (κ3) is 3.46. The van der Waals surface area contributed by atoms with Crippen molar-refractivity contribution in [2.45, 2.75) is 6.54 Å². The maximum atomic E-state index is 12.9. The van der Waals surface area contributed by atoms with E-state index < -0.39 is 0 Å². The summed E-state index contributed by atoms with van der Waals surface area (Å²) in [4.78, 5) is 15.0. The van der Waals surface area contributed by atoms with Crippen molar-refractivity contribution in [3.63, 3.8) is 0 Å². The number of fused-ring (bicyclic) bond motifs is 3. The minimum atomic E-state index is -0.129. The number of nitrogens with zero attached hydrogens (tertiary/aromatic N) is 1. The van der Waals surface area contributed by atoms with Crippen LogP contribution in [0.1, 0.15) is 21.5 Å². The predicted molar refractivity (Wildman–Crippen MR) is 117 cm³/mol. The Labute approximate surface area is 180 Å². The lowest BCUT2D eigenvalue weighted by Crippen LogP contribution is -2.32. The molecule has 0 bridgehead atoms. The quantitative estimate of drug-likeness (QED) is 0.577. The van der Waals surface area contributed by atoms with Crippen LogP contribution < -0.4 is 23.8 Å². The number of rotatable bonds is 4. The van der Waals surface area contributed by atoms with Gasteiger partial charge in [-0.25, -0.2) is 0 Å². The van der Waals surface area contributed by atoms with E-state index in [4.69, 9.17) is 18.9 Å². The molecule has 3 aromatic rings. The smallest absolute Gasteiger partial charge is 0.231 e. The van der Waals surface area contributed by atoms with Crippen LogP contribution in [-0.2, 0) is 6.54 Å². The number of hydrogen-bond donors (Lipinski definition) is 0. The average Bonchev–Trinajstić information content (AvgIpc) is 3.15. The molecule has 0 N–H and O–H groups in total. The van der Waals surface area contributed by atoms with Gasteiger partial charge < -0.3 is 23.8 Å². The van der Waals surface area contributed by atoms with Crippen molar-refractivity contribution in [1.29, 1.82) is 0 Å². The van der Waals surface area contributed by atoms with Gasteiger partial charge in [-0.2, -0.15) is 0 Å². The lowest BCUT2D eigenvalue weighted by Gasteiger charge is -2.31. The monoisotopic (exact) mass is 415 g/mol. The van der Waals surface area contributed by atoms with Crippen LogP contribution in [0.2, 0.25) is 0 Å². The molecule has 5 rings (SSSR count). The number of anilines is 1. The average molecular weight is 415 g/mol. The van der Waals surface area contributed by atoms with Crippen LogP contribution in [0.25, 0.3) is 6.08 Å². The van der Waals surface area contributed by atoms with Gasteiger partial charge in [-0.05, 0) is 60.2 Å². The van der Waals surface area contributed by atoms with Gasteiger partial charge in [0.15, 0.2) is 12.5 Å². The minimum absolute atomic E-state index is 0.129. The molecule has 6 heteroatoms. The molecule has 0 saturated carbocycles. The van der Waals surface area contributed by atoms with Crippen LogP contribution in [0.15, 0.2) is 66.4 Å². The molecule has 0 fully saturated rings. The molecule has 0 aromatic heterocycles. The van der Waals surface area contributed by atoms with Crippen molar-refractivity contribution in [3.05, 3.63) is 83.1 Å². The molecular weight excluding hydrogens is 394 g/mol. The van der Waals surface area contributed by atoms with E-state index in [1.54, 1.807) is 26.4 Å². The third-order valence-corrected chi connectivity index (χ3v) is 5.47. The summed E-state index contributed by atoms with van der Waals surface area (Å²) < 4.78 is 22.4. The summed E-state index contributed by atoms with van der Waals surface area (Å²) in [6.45, 7) is 0.995. The molecule has 0 aliphatic carbocycles. The molecule has 6 nitrogen and oxygen atoms in total. The molecule has 3 aromatic carbocycles. The maximum absolute atomic E-state index is 12.9. The van der Waals surface area contributed by atoms with E-state index in [9.17, 15) is 4.79 Å². The molecule has 2 aliphatic rings. The molecule has 0 unspecified atom stereocenters. The number of allylic oxidation sites excluding steroid dienone is 1. The van der Waals surface area contributed by atoms with Gasteiger partial charge >= 0.3 is 0 Å². The zero-order chi connectivity index (χ0) is 21.4. The normalized spacial score (nSPS) is 15.7. The van der Waals surface area contributed by atoms with Gasteiger partial charge in [0.05, 0.1) is 31.9 Å². The van der Waals surface area contributed by atoms with E-state index in [1.165, 1.54) is 0 Å². The van der Waals surface area contributed by atoms with E-state index in [1.807, 2.05) is 54.6 Å². The van der Waals surface area contributed by atoms with E-state index in [0.717, 1.165) is 34.1 Å². The maximum Gasteiger partial charge on any atom is 0.231 e. The van der Waals surface area contributed by atoms with Crippen LogP contribution in [0.5, 0.6) is 23.0 Å². The van der Waals surface area contributed by atoms with Crippen molar-refractivity contribution >= 4 is 17.5 Å². The molecule has 0 atom stereocenters. The van der Waals surface area contributed by atoms with Gasteiger partial charge in [-0.1, -0.05) is 12.1 Å². The molecule has 31 heavy (non-hydrogen) atoms. The van der Waals surface area contributed by atoms with Gasteiger partial charge in [0.2, 0.25) is 5.78 Å². The SMILES string of the molecule is COc1ccc(/C=C2\Oc3c(ccc4c3CN(c3ccc(OC)cc3)CO4)C2=O)cc1. The second-order valence-corrected chi connectivity index (χ2v) is 7.30. The fraction of sp³-hybridized carbons (Fsp3) is 0.160. The van der Waals surface area contributed by atoms with Gasteiger partial charge in [0, 0.05) is 5.69 Å². The van der Waals surface area contributed by atoms with Crippen molar-refractivity contribution in [1.82, 2.24) is 0 Å². The van der Waals surface area contributed by atoms with E-state index >= 15 is 0 Å². The van der Waals surface area contributed by atoms with Crippen LogP contribution in [0, 0.1) is 0 Å². The molecule has 2 heterocycles. The first-order valence-electron chi connectivity index (χ1n) is 9.92. The van der Waals surface area contributed by atoms with Crippen LogP contribution >= 0.6 is 0 Å². The number of Topliss-reactive ketones (excluding diaryl/α,β-unsaturated/α-hetero) is 1. The molecule has 2 aliphatic heterocycles. The predicted octanol–water partition coefficient (Wildman–Crippen LogP) is 4.68. The Morgan fingerprint density at radius 2 is 1.58 bits per heavy atom. The van der Waals surface area contributed by atoms with Crippen molar-refractivity contribution in [2.75, 3.05) is 25.9 Å². The van der Waals surface area contributed by atoms with Crippen LogP contribution in [0.4, 0.5) is 5.69 Å². The zero-order valence-electron chi connectivity index (χ0n) is 17.3. The van der Waals surface area contributed by atoms with E-state index in [2.05, 4.69) is 4.90 Å². The Balaban J connectivity index is 1.44. The van der Waals surface area contributed by atoms with E-state index in [0.29, 0.717) is 30.3 Å². The third-order valence-electron chi connectivity index (χ3n) is 5.47. The highest BCUT2D eigenvalue weighted by Crippen LogP contribution is 2.42. The minimum Gasteiger partial charge on any atom is -0.497 e. The van der Waals surface area contributed by atoms with E-state index in [-0.39, 0.29) is 5.78 Å². The first-order valence-corrected chi connectivity index (χ1v) is 9.92. The molecule has 0 amide bonds. The Kier molecular flexibility index (Phi) is 4.75. The summed E-state index contributed by atoms with van der Waals surface area (Å²) >= 11 is 0. The van der Waals surface area contributed by atoms with Crippen molar-refractivity contribution in [3.8, 4) is 23.0 Å². The van der Waals surface area contributed by atoms with Crippen molar-refractivity contribution in [2.24, 2.45) is 0 Å². The molecule has 0 saturated heterocycles. The fourth-order valence-electron chi connectivity index (χ4n) is 3.77. The largest absolute Gasteiger partial charge is 0.497 e. The number of ketones is 1. The van der Waals surface area contributed by atoms with Gasteiger partial charge in [0.1, 0.15) is 23.0 Å². The molecule has 0 spiro atoms. The summed E-state index contributed by atoms with van der Waals surface area (Å²) in [5.74, 6) is 3.03. The van der Waals surface area contributed by atoms with Crippen LogP contribution in [-0.4, -0.2) is 26.7 Å². The fourth-order valence-corrected chi connectivity index (χ4v) is 3.77. The summed E-state index contributed by atoms with van der Waals surface area (Å²) in [6.07, 6.45) is 1.75. The highest BCUT2D eigenvalue weighted by Gasteiger charge is 2.33. The lowest BCUT2D eigenvalue weighted by molar-refractivity contribution is 0.101. The first kappa shape index (κ1) is 19.1. The number of carbonyl (C=O) groups excluding carboxylic acids is 1. The Bertz CT molecular complexity index is 1170. The Morgan fingerprint density at radius 3 is 2.26 bits per heavy atom. The lowest BCUT2D eigenvalue weighted by atomic mass is 10.0. The number of benzene rings is 3. The number of ether oxygens (including phenoxy) is 4. The summed E-state index contributed by atoms with van der Waals surface area (Å²) in [6, 6.07) is 18.9. The summed E-state index contributed by atoms with van der Waals surface area (Å²) in [5.41, 5.74) is 3.29. The van der Waals surface area contributed by atoms with Crippen molar-refractivity contribution < 1.29 is 23.7 Å². The number of carbonyl (C=O) groups is 1. The Hall–Kier alpha value is -3.93. The summed E-state index contributed by atoms with van der Waals surface area (Å²) in [7, 11) is 3.26. The van der Waals surface area contributed by atoms with Gasteiger partial charge in [-0.15, -0.1) is 0 Å².